The molecule has 0 aliphatic heterocycles. The molecule has 0 aliphatic carbocycles. The third-order valence-corrected chi connectivity index (χ3v) is 2.46. The van der Waals surface area contributed by atoms with Crippen molar-refractivity contribution in [3.63, 3.8) is 0 Å². The van der Waals surface area contributed by atoms with Crippen molar-refractivity contribution < 1.29 is 14.7 Å². The summed E-state index contributed by atoms with van der Waals surface area (Å²) in [7, 11) is 0. The highest BCUT2D eigenvalue weighted by molar-refractivity contribution is 7.97. The van der Waals surface area contributed by atoms with Crippen molar-refractivity contribution >= 4 is 23.8 Å². The number of carbonyl (C=O) groups excluding carboxylic acids is 1. The molecule has 0 aliphatic rings. The first-order valence-corrected chi connectivity index (χ1v) is 6.32. The Morgan fingerprint density at radius 1 is 1.38 bits per heavy atom. The lowest BCUT2D eigenvalue weighted by molar-refractivity contribution is -0.142. The van der Waals surface area contributed by atoms with E-state index in [1.165, 1.54) is 11.9 Å². The van der Waals surface area contributed by atoms with Crippen LogP contribution in [0.1, 0.15) is 27.2 Å². The molecule has 1 amide bonds. The smallest absolute Gasteiger partial charge is 0.326 e. The van der Waals surface area contributed by atoms with E-state index in [2.05, 4.69) is 10.0 Å². The summed E-state index contributed by atoms with van der Waals surface area (Å²) < 4.78 is 2.84. The summed E-state index contributed by atoms with van der Waals surface area (Å²) >= 11 is 1.43. The molecule has 0 radical (unpaired) electrons. The number of amides is 1. The number of carboxylic acids is 1. The highest BCUT2D eigenvalue weighted by Gasteiger charge is 2.20. The maximum Gasteiger partial charge on any atom is 0.326 e. The molecule has 16 heavy (non-hydrogen) atoms. The van der Waals surface area contributed by atoms with E-state index in [4.69, 9.17) is 5.11 Å². The number of aliphatic carboxylic acids is 1. The molecule has 6 heteroatoms. The predicted molar refractivity (Wildman–Crippen MR) is 65.2 cm³/mol. The molecule has 0 aromatic heterocycles. The van der Waals surface area contributed by atoms with Crippen molar-refractivity contribution in [2.75, 3.05) is 12.3 Å². The van der Waals surface area contributed by atoms with Crippen LogP contribution in [0.3, 0.4) is 0 Å². The summed E-state index contributed by atoms with van der Waals surface area (Å²) in [6.07, 6.45) is 0.446. The second-order valence-corrected chi connectivity index (χ2v) is 5.00. The molecule has 1 atom stereocenters. The van der Waals surface area contributed by atoms with Crippen LogP contribution in [0, 0.1) is 5.92 Å². The summed E-state index contributed by atoms with van der Waals surface area (Å²) in [5, 5.41) is 11.4. The Labute approximate surface area is 100 Å². The summed E-state index contributed by atoms with van der Waals surface area (Å²) in [4.78, 5) is 22.2. The van der Waals surface area contributed by atoms with Gasteiger partial charge in [0.1, 0.15) is 6.04 Å². The van der Waals surface area contributed by atoms with E-state index in [1.807, 2.05) is 20.8 Å². The molecule has 5 nitrogen and oxygen atoms in total. The lowest BCUT2D eigenvalue weighted by atomic mass is 10.0. The molecule has 0 saturated carbocycles. The van der Waals surface area contributed by atoms with Crippen molar-refractivity contribution in [1.82, 2.24) is 10.0 Å². The monoisotopic (exact) mass is 248 g/mol. The molecule has 0 rings (SSSR count). The van der Waals surface area contributed by atoms with Gasteiger partial charge in [-0.2, -0.15) is 0 Å². The molecule has 3 N–H and O–H groups in total. The van der Waals surface area contributed by atoms with Crippen molar-refractivity contribution in [3.05, 3.63) is 0 Å². The Bertz CT molecular complexity index is 234. The zero-order chi connectivity index (χ0) is 12.6. The third-order valence-electron chi connectivity index (χ3n) is 1.82. The van der Waals surface area contributed by atoms with Crippen molar-refractivity contribution in [1.29, 1.82) is 0 Å². The molecule has 0 bridgehead atoms. The minimum Gasteiger partial charge on any atom is -0.480 e. The van der Waals surface area contributed by atoms with Gasteiger partial charge in [0.2, 0.25) is 5.91 Å². The van der Waals surface area contributed by atoms with Crippen LogP contribution in [0.25, 0.3) is 0 Å². The van der Waals surface area contributed by atoms with Gasteiger partial charge in [0.25, 0.3) is 0 Å². The summed E-state index contributed by atoms with van der Waals surface area (Å²) in [6.45, 7) is 5.95. The normalized spacial score (nSPS) is 12.5. The minimum absolute atomic E-state index is 0.139. The first kappa shape index (κ1) is 15.2. The molecular weight excluding hydrogens is 228 g/mol. The number of carboxylic acid groups (broad SMARTS) is 1. The zero-order valence-electron chi connectivity index (χ0n) is 9.95. The second kappa shape index (κ2) is 8.41. The van der Waals surface area contributed by atoms with E-state index in [0.717, 1.165) is 5.75 Å². The summed E-state index contributed by atoms with van der Waals surface area (Å²) in [5.41, 5.74) is 0. The van der Waals surface area contributed by atoms with Gasteiger partial charge in [-0.1, -0.05) is 32.7 Å². The third kappa shape index (κ3) is 7.53. The average molecular weight is 248 g/mol. The van der Waals surface area contributed by atoms with Gasteiger partial charge < -0.3 is 10.4 Å². The van der Waals surface area contributed by atoms with Gasteiger partial charge in [-0.15, -0.1) is 0 Å². The Kier molecular flexibility index (Phi) is 8.01. The van der Waals surface area contributed by atoms with Crippen LogP contribution >= 0.6 is 11.9 Å². The first-order chi connectivity index (χ1) is 7.47. The topological polar surface area (TPSA) is 78.4 Å². The molecule has 0 spiro atoms. The lowest BCUT2D eigenvalue weighted by Gasteiger charge is -2.16. The van der Waals surface area contributed by atoms with Crippen molar-refractivity contribution in [2.45, 2.75) is 33.2 Å². The molecule has 0 saturated heterocycles. The van der Waals surface area contributed by atoms with Gasteiger partial charge >= 0.3 is 5.97 Å². The fourth-order valence-electron chi connectivity index (χ4n) is 1.16. The van der Waals surface area contributed by atoms with Gasteiger partial charge in [-0.3, -0.25) is 9.52 Å². The van der Waals surface area contributed by atoms with Crippen LogP contribution in [-0.4, -0.2) is 35.3 Å². The van der Waals surface area contributed by atoms with Gasteiger partial charge in [0.15, 0.2) is 0 Å². The Hall–Kier alpha value is -0.750. The Balaban J connectivity index is 3.98. The number of carbonyl (C=O) groups is 2. The molecular formula is C10H20N2O3S. The summed E-state index contributed by atoms with van der Waals surface area (Å²) in [6, 6.07) is -0.791. The molecule has 94 valence electrons. The van der Waals surface area contributed by atoms with E-state index in [-0.39, 0.29) is 18.4 Å². The highest BCUT2D eigenvalue weighted by Crippen LogP contribution is 2.04. The molecule has 0 aromatic rings. The SMILES string of the molecule is CCSNCC(=O)N[C@@H](CC(C)C)C(=O)O. The fraction of sp³-hybridized carbons (Fsp3) is 0.800. The van der Waals surface area contributed by atoms with Crippen LogP contribution in [0.5, 0.6) is 0 Å². The lowest BCUT2D eigenvalue weighted by Crippen LogP contribution is -2.44. The van der Waals surface area contributed by atoms with Gasteiger partial charge in [0, 0.05) is 5.75 Å². The standard InChI is InChI=1S/C10H20N2O3S/c1-4-16-11-6-9(13)12-8(10(14)15)5-7(2)3/h7-8,11H,4-6H2,1-3H3,(H,12,13)(H,14,15)/t8-/m0/s1. The number of hydrogen-bond acceptors (Lipinski definition) is 4. The first-order valence-electron chi connectivity index (χ1n) is 5.34. The molecule has 0 fully saturated rings. The predicted octanol–water partition coefficient (Wildman–Crippen LogP) is 0.860. The van der Waals surface area contributed by atoms with Crippen LogP contribution in [0.4, 0.5) is 0 Å². The van der Waals surface area contributed by atoms with Crippen LogP contribution in [-0.2, 0) is 9.59 Å². The molecule has 0 aromatic carbocycles. The molecule has 0 unspecified atom stereocenters. The fourth-order valence-corrected chi connectivity index (χ4v) is 1.59. The number of hydrogen-bond donors (Lipinski definition) is 3. The van der Waals surface area contributed by atoms with Gasteiger partial charge in [0.05, 0.1) is 6.54 Å². The average Bonchev–Trinajstić information content (AvgIpc) is 2.16. The maximum absolute atomic E-state index is 11.4. The van der Waals surface area contributed by atoms with Crippen LogP contribution < -0.4 is 10.0 Å². The van der Waals surface area contributed by atoms with E-state index in [9.17, 15) is 9.59 Å². The largest absolute Gasteiger partial charge is 0.480 e. The molecule has 0 heterocycles. The van der Waals surface area contributed by atoms with E-state index in [1.54, 1.807) is 0 Å². The van der Waals surface area contributed by atoms with Crippen molar-refractivity contribution in [2.24, 2.45) is 5.92 Å². The number of nitrogens with one attached hydrogen (secondary N) is 2. The Morgan fingerprint density at radius 3 is 2.44 bits per heavy atom. The van der Waals surface area contributed by atoms with E-state index < -0.39 is 12.0 Å². The van der Waals surface area contributed by atoms with Gasteiger partial charge in [-0.25, -0.2) is 4.79 Å². The van der Waals surface area contributed by atoms with E-state index in [0.29, 0.717) is 6.42 Å². The second-order valence-electron chi connectivity index (χ2n) is 3.84. The minimum atomic E-state index is -0.981. The van der Waals surface area contributed by atoms with Crippen molar-refractivity contribution in [3.8, 4) is 0 Å². The Morgan fingerprint density at radius 2 is 2.00 bits per heavy atom. The van der Waals surface area contributed by atoms with E-state index >= 15 is 0 Å². The summed E-state index contributed by atoms with van der Waals surface area (Å²) in [5.74, 6) is -0.166. The van der Waals surface area contributed by atoms with Crippen LogP contribution in [0.2, 0.25) is 0 Å². The quantitative estimate of drug-likeness (QED) is 0.438. The maximum atomic E-state index is 11.4. The number of rotatable bonds is 8. The zero-order valence-corrected chi connectivity index (χ0v) is 10.8. The van der Waals surface area contributed by atoms with Gasteiger partial charge in [-0.05, 0) is 12.3 Å². The van der Waals surface area contributed by atoms with Crippen LogP contribution in [0.15, 0.2) is 0 Å². The highest BCUT2D eigenvalue weighted by atomic mass is 32.2.